The zero-order chi connectivity index (χ0) is 17.1. The minimum atomic E-state index is -0.0000604. The molecular weight excluding hydrogens is 322 g/mol. The van der Waals surface area contributed by atoms with Gasteiger partial charge in [0.1, 0.15) is 0 Å². The van der Waals surface area contributed by atoms with Gasteiger partial charge in [-0.2, -0.15) is 0 Å². The van der Waals surface area contributed by atoms with Crippen molar-refractivity contribution in [2.75, 3.05) is 5.32 Å². The number of aromatic nitrogens is 2. The number of amides is 1. The fraction of sp³-hybridized carbons (Fsp3) is 0.316. The average molecular weight is 342 g/mol. The molecule has 24 heavy (non-hydrogen) atoms. The van der Waals surface area contributed by atoms with E-state index in [1.54, 1.807) is 18.3 Å². The number of carbonyl (C=O) groups is 1. The molecule has 1 heterocycles. The van der Waals surface area contributed by atoms with Crippen molar-refractivity contribution < 1.29 is 4.79 Å². The normalized spacial score (nSPS) is 13.0. The number of fused-ring (bicyclic) bond motifs is 1. The molecule has 1 N–H and O–H groups in total. The Bertz CT molecular complexity index is 799. The molecule has 0 bridgehead atoms. The lowest BCUT2D eigenvalue weighted by atomic mass is 10.1. The van der Waals surface area contributed by atoms with Crippen LogP contribution >= 0.6 is 11.6 Å². The van der Waals surface area contributed by atoms with E-state index in [0.29, 0.717) is 17.4 Å². The molecule has 0 aliphatic heterocycles. The number of aryl methyl sites for hydroxylation is 1. The minimum Gasteiger partial charge on any atom is -0.326 e. The van der Waals surface area contributed by atoms with E-state index in [1.807, 2.05) is 26.0 Å². The Morgan fingerprint density at radius 1 is 1.38 bits per heavy atom. The SMILES string of the molecule is CC(C)CC(=O)Nc1ccc(Cl)c(-c2cnc3c(n2)CCC=C3)c1. The lowest BCUT2D eigenvalue weighted by Gasteiger charge is -2.13. The van der Waals surface area contributed by atoms with E-state index < -0.39 is 0 Å². The molecule has 0 spiro atoms. The molecule has 1 amide bonds. The van der Waals surface area contributed by atoms with Crippen molar-refractivity contribution >= 4 is 29.3 Å². The maximum absolute atomic E-state index is 12.0. The predicted molar refractivity (Wildman–Crippen MR) is 97.9 cm³/mol. The van der Waals surface area contributed by atoms with Crippen LogP contribution in [0, 0.1) is 5.92 Å². The number of nitrogens with one attached hydrogen (secondary N) is 1. The van der Waals surface area contributed by atoms with Gasteiger partial charge in [-0.1, -0.05) is 31.5 Å². The second kappa shape index (κ2) is 7.14. The summed E-state index contributed by atoms with van der Waals surface area (Å²) in [6.45, 7) is 4.04. The molecule has 2 aromatic rings. The van der Waals surface area contributed by atoms with Gasteiger partial charge in [0.2, 0.25) is 5.91 Å². The van der Waals surface area contributed by atoms with Crippen molar-refractivity contribution in [3.05, 3.63) is 46.9 Å². The van der Waals surface area contributed by atoms with Gasteiger partial charge in [0.25, 0.3) is 0 Å². The number of benzene rings is 1. The minimum absolute atomic E-state index is 0.0000604. The fourth-order valence-electron chi connectivity index (χ4n) is 2.69. The molecule has 4 nitrogen and oxygen atoms in total. The van der Waals surface area contributed by atoms with Crippen LogP contribution in [0.2, 0.25) is 5.02 Å². The first kappa shape index (κ1) is 16.7. The van der Waals surface area contributed by atoms with Crippen LogP contribution in [0.1, 0.15) is 38.1 Å². The molecule has 1 aromatic carbocycles. The highest BCUT2D eigenvalue weighted by molar-refractivity contribution is 6.33. The first-order valence-electron chi connectivity index (χ1n) is 8.15. The standard InChI is InChI=1S/C19H20ClN3O/c1-12(2)9-19(24)22-13-7-8-15(20)14(10-13)18-11-21-16-5-3-4-6-17(16)23-18/h3,5,7-8,10-12H,4,6,9H2,1-2H3,(H,22,24). The summed E-state index contributed by atoms with van der Waals surface area (Å²) in [7, 11) is 0. The molecule has 5 heteroatoms. The molecule has 0 saturated heterocycles. The summed E-state index contributed by atoms with van der Waals surface area (Å²) in [6, 6.07) is 5.44. The highest BCUT2D eigenvalue weighted by Crippen LogP contribution is 2.30. The molecule has 0 atom stereocenters. The summed E-state index contributed by atoms with van der Waals surface area (Å²) < 4.78 is 0. The van der Waals surface area contributed by atoms with Crippen molar-refractivity contribution in [1.82, 2.24) is 9.97 Å². The topological polar surface area (TPSA) is 54.9 Å². The van der Waals surface area contributed by atoms with Crippen LogP contribution in [0.4, 0.5) is 5.69 Å². The first-order valence-corrected chi connectivity index (χ1v) is 8.53. The van der Waals surface area contributed by atoms with Gasteiger partial charge >= 0.3 is 0 Å². The molecule has 1 aliphatic carbocycles. The molecule has 1 aliphatic rings. The molecule has 124 valence electrons. The molecular formula is C19H20ClN3O. The van der Waals surface area contributed by atoms with Gasteiger partial charge in [-0.05, 0) is 43.0 Å². The summed E-state index contributed by atoms with van der Waals surface area (Å²) in [5, 5.41) is 3.51. The van der Waals surface area contributed by atoms with Gasteiger partial charge in [0.05, 0.1) is 28.3 Å². The Morgan fingerprint density at radius 3 is 3.00 bits per heavy atom. The van der Waals surface area contributed by atoms with Crippen molar-refractivity contribution in [3.8, 4) is 11.3 Å². The number of hydrogen-bond acceptors (Lipinski definition) is 3. The van der Waals surface area contributed by atoms with E-state index in [1.165, 1.54) is 0 Å². The highest BCUT2D eigenvalue weighted by atomic mass is 35.5. The number of halogens is 1. The number of nitrogens with zero attached hydrogens (tertiary/aromatic N) is 2. The largest absolute Gasteiger partial charge is 0.326 e. The lowest BCUT2D eigenvalue weighted by molar-refractivity contribution is -0.116. The smallest absolute Gasteiger partial charge is 0.224 e. The number of carbonyl (C=O) groups excluding carboxylic acids is 1. The zero-order valence-electron chi connectivity index (χ0n) is 13.8. The fourth-order valence-corrected chi connectivity index (χ4v) is 2.90. The first-order chi connectivity index (χ1) is 11.5. The van der Waals surface area contributed by atoms with E-state index in [9.17, 15) is 4.79 Å². The van der Waals surface area contributed by atoms with E-state index in [0.717, 1.165) is 41.2 Å². The Morgan fingerprint density at radius 2 is 2.21 bits per heavy atom. The van der Waals surface area contributed by atoms with Crippen LogP contribution in [0.25, 0.3) is 17.3 Å². The third-order valence-electron chi connectivity index (χ3n) is 3.82. The van der Waals surface area contributed by atoms with E-state index >= 15 is 0 Å². The van der Waals surface area contributed by atoms with Crippen LogP contribution in [0.3, 0.4) is 0 Å². The van der Waals surface area contributed by atoms with Crippen molar-refractivity contribution in [1.29, 1.82) is 0 Å². The third-order valence-corrected chi connectivity index (χ3v) is 4.15. The number of hydrogen-bond donors (Lipinski definition) is 1. The molecule has 1 aromatic heterocycles. The van der Waals surface area contributed by atoms with Crippen molar-refractivity contribution in [3.63, 3.8) is 0 Å². The second-order valence-corrected chi connectivity index (χ2v) is 6.78. The average Bonchev–Trinajstić information content (AvgIpc) is 2.55. The van der Waals surface area contributed by atoms with Crippen LogP contribution in [0.15, 0.2) is 30.5 Å². The van der Waals surface area contributed by atoms with Gasteiger partial charge in [-0.3, -0.25) is 9.78 Å². The summed E-state index contributed by atoms with van der Waals surface area (Å²) in [6.07, 6.45) is 8.19. The van der Waals surface area contributed by atoms with Gasteiger partial charge in [0, 0.05) is 17.7 Å². The van der Waals surface area contributed by atoms with Gasteiger partial charge in [0.15, 0.2) is 0 Å². The maximum atomic E-state index is 12.0. The summed E-state index contributed by atoms with van der Waals surface area (Å²) >= 11 is 6.34. The summed E-state index contributed by atoms with van der Waals surface area (Å²) in [5.74, 6) is 0.316. The van der Waals surface area contributed by atoms with E-state index in [-0.39, 0.29) is 5.91 Å². The van der Waals surface area contributed by atoms with E-state index in [2.05, 4.69) is 16.4 Å². The second-order valence-electron chi connectivity index (χ2n) is 6.37. The number of anilines is 1. The van der Waals surface area contributed by atoms with Gasteiger partial charge < -0.3 is 5.32 Å². The Labute approximate surface area is 147 Å². The highest BCUT2D eigenvalue weighted by Gasteiger charge is 2.13. The molecule has 0 unspecified atom stereocenters. The van der Waals surface area contributed by atoms with Gasteiger partial charge in [-0.25, -0.2) is 4.98 Å². The van der Waals surface area contributed by atoms with Gasteiger partial charge in [-0.15, -0.1) is 0 Å². The predicted octanol–water partition coefficient (Wildman–Crippen LogP) is 4.74. The molecule has 0 saturated carbocycles. The lowest BCUT2D eigenvalue weighted by Crippen LogP contribution is -2.13. The summed E-state index contributed by atoms with van der Waals surface area (Å²) in [5.41, 5.74) is 4.14. The quantitative estimate of drug-likeness (QED) is 0.873. The number of rotatable bonds is 4. The Kier molecular flexibility index (Phi) is 4.95. The Hall–Kier alpha value is -2.20. The van der Waals surface area contributed by atoms with Crippen LogP contribution < -0.4 is 5.32 Å². The number of allylic oxidation sites excluding steroid dienone is 1. The van der Waals surface area contributed by atoms with Crippen molar-refractivity contribution in [2.24, 2.45) is 5.92 Å². The Balaban J connectivity index is 1.89. The maximum Gasteiger partial charge on any atom is 0.224 e. The molecule has 3 rings (SSSR count). The monoisotopic (exact) mass is 341 g/mol. The van der Waals surface area contributed by atoms with Crippen LogP contribution in [-0.2, 0) is 11.2 Å². The van der Waals surface area contributed by atoms with E-state index in [4.69, 9.17) is 16.6 Å². The molecule has 0 fully saturated rings. The van der Waals surface area contributed by atoms with Crippen molar-refractivity contribution in [2.45, 2.75) is 33.1 Å². The third kappa shape index (κ3) is 3.82. The summed E-state index contributed by atoms with van der Waals surface area (Å²) in [4.78, 5) is 21.1. The molecule has 0 radical (unpaired) electrons. The van der Waals surface area contributed by atoms with Crippen LogP contribution in [-0.4, -0.2) is 15.9 Å². The zero-order valence-corrected chi connectivity index (χ0v) is 14.6. The van der Waals surface area contributed by atoms with Crippen LogP contribution in [0.5, 0.6) is 0 Å².